The summed E-state index contributed by atoms with van der Waals surface area (Å²) in [5.74, 6) is 1.67. The SMILES string of the molecule is CC(C)CNCC1CCN(C2CCN3CCCC23)C1. The van der Waals surface area contributed by atoms with E-state index in [2.05, 4.69) is 29.0 Å². The lowest BCUT2D eigenvalue weighted by molar-refractivity contribution is 0.186. The summed E-state index contributed by atoms with van der Waals surface area (Å²) in [4.78, 5) is 5.56. The largest absolute Gasteiger partial charge is 0.316 e. The van der Waals surface area contributed by atoms with E-state index in [1.807, 2.05) is 0 Å². The predicted octanol–water partition coefficient (Wildman–Crippen LogP) is 1.79. The molecular formula is C16H31N3. The Morgan fingerprint density at radius 3 is 2.63 bits per heavy atom. The molecule has 3 saturated heterocycles. The molecule has 0 aromatic heterocycles. The second kappa shape index (κ2) is 6.11. The summed E-state index contributed by atoms with van der Waals surface area (Å²) in [6, 6.07) is 1.79. The van der Waals surface area contributed by atoms with Gasteiger partial charge in [-0.1, -0.05) is 13.8 Å². The van der Waals surface area contributed by atoms with E-state index in [0.29, 0.717) is 0 Å². The van der Waals surface area contributed by atoms with E-state index in [1.54, 1.807) is 0 Å². The minimum Gasteiger partial charge on any atom is -0.316 e. The molecule has 0 aromatic carbocycles. The Morgan fingerprint density at radius 2 is 1.79 bits per heavy atom. The number of fused-ring (bicyclic) bond motifs is 1. The maximum absolute atomic E-state index is 3.65. The molecule has 3 fully saturated rings. The van der Waals surface area contributed by atoms with Crippen LogP contribution in [0.25, 0.3) is 0 Å². The normalized spacial score (nSPS) is 36.5. The van der Waals surface area contributed by atoms with E-state index < -0.39 is 0 Å². The molecule has 3 heteroatoms. The predicted molar refractivity (Wildman–Crippen MR) is 80.4 cm³/mol. The fraction of sp³-hybridized carbons (Fsp3) is 1.00. The van der Waals surface area contributed by atoms with Crippen LogP contribution in [0.5, 0.6) is 0 Å². The molecule has 3 rings (SSSR count). The van der Waals surface area contributed by atoms with E-state index in [1.165, 1.54) is 65.0 Å². The van der Waals surface area contributed by atoms with Crippen LogP contribution in [0.1, 0.15) is 39.5 Å². The third kappa shape index (κ3) is 3.14. The fourth-order valence-corrected chi connectivity index (χ4v) is 4.39. The first kappa shape index (κ1) is 13.8. The van der Waals surface area contributed by atoms with Gasteiger partial charge in [0.15, 0.2) is 0 Å². The summed E-state index contributed by atoms with van der Waals surface area (Å²) in [6.07, 6.45) is 5.73. The van der Waals surface area contributed by atoms with Crippen LogP contribution in [-0.2, 0) is 0 Å². The zero-order valence-electron chi connectivity index (χ0n) is 12.8. The third-order valence-electron chi connectivity index (χ3n) is 5.34. The molecule has 1 N–H and O–H groups in total. The molecule has 19 heavy (non-hydrogen) atoms. The van der Waals surface area contributed by atoms with Crippen molar-refractivity contribution in [3.63, 3.8) is 0 Å². The molecule has 3 heterocycles. The van der Waals surface area contributed by atoms with Gasteiger partial charge in [-0.05, 0) is 63.7 Å². The number of rotatable bonds is 5. The molecule has 3 atom stereocenters. The van der Waals surface area contributed by atoms with Gasteiger partial charge < -0.3 is 5.32 Å². The van der Waals surface area contributed by atoms with Gasteiger partial charge in [0.2, 0.25) is 0 Å². The summed E-state index contributed by atoms with van der Waals surface area (Å²) in [6.45, 7) is 12.4. The molecule has 3 aliphatic heterocycles. The van der Waals surface area contributed by atoms with E-state index in [0.717, 1.165) is 23.9 Å². The minimum atomic E-state index is 0.777. The van der Waals surface area contributed by atoms with Crippen molar-refractivity contribution in [1.29, 1.82) is 0 Å². The second-order valence-electron chi connectivity index (χ2n) is 7.30. The van der Waals surface area contributed by atoms with Crippen LogP contribution in [0, 0.1) is 11.8 Å². The van der Waals surface area contributed by atoms with Gasteiger partial charge in [-0.3, -0.25) is 9.80 Å². The van der Waals surface area contributed by atoms with Gasteiger partial charge in [-0.25, -0.2) is 0 Å². The summed E-state index contributed by atoms with van der Waals surface area (Å²) in [5.41, 5.74) is 0. The van der Waals surface area contributed by atoms with E-state index >= 15 is 0 Å². The lowest BCUT2D eigenvalue weighted by atomic mass is 10.1. The molecule has 0 aliphatic carbocycles. The first-order chi connectivity index (χ1) is 9.24. The lowest BCUT2D eigenvalue weighted by Crippen LogP contribution is -2.42. The maximum Gasteiger partial charge on any atom is 0.0263 e. The highest BCUT2D eigenvalue weighted by molar-refractivity contribution is 4.98. The first-order valence-corrected chi connectivity index (χ1v) is 8.43. The average Bonchev–Trinajstić information content (AvgIpc) is 3.01. The quantitative estimate of drug-likeness (QED) is 0.817. The van der Waals surface area contributed by atoms with Gasteiger partial charge in [0.05, 0.1) is 0 Å². The Hall–Kier alpha value is -0.120. The van der Waals surface area contributed by atoms with Crippen LogP contribution >= 0.6 is 0 Å². The number of nitrogens with zero attached hydrogens (tertiary/aromatic N) is 2. The highest BCUT2D eigenvalue weighted by Gasteiger charge is 2.41. The summed E-state index contributed by atoms with van der Waals surface area (Å²) < 4.78 is 0. The van der Waals surface area contributed by atoms with Crippen molar-refractivity contribution >= 4 is 0 Å². The molecule has 0 radical (unpaired) electrons. The van der Waals surface area contributed by atoms with Crippen molar-refractivity contribution in [2.24, 2.45) is 11.8 Å². The molecule has 3 unspecified atom stereocenters. The molecule has 3 nitrogen and oxygen atoms in total. The average molecular weight is 265 g/mol. The first-order valence-electron chi connectivity index (χ1n) is 8.43. The maximum atomic E-state index is 3.65. The number of hydrogen-bond acceptors (Lipinski definition) is 3. The van der Waals surface area contributed by atoms with Crippen LogP contribution in [0.15, 0.2) is 0 Å². The number of nitrogens with one attached hydrogen (secondary N) is 1. The smallest absolute Gasteiger partial charge is 0.0263 e. The monoisotopic (exact) mass is 265 g/mol. The topological polar surface area (TPSA) is 18.5 Å². The molecule has 110 valence electrons. The standard InChI is InChI=1S/C16H31N3/c1-13(2)10-17-11-14-5-8-19(12-14)16-6-9-18-7-3-4-15(16)18/h13-17H,3-12H2,1-2H3. The van der Waals surface area contributed by atoms with E-state index in [-0.39, 0.29) is 0 Å². The highest BCUT2D eigenvalue weighted by atomic mass is 15.3. The fourth-order valence-electron chi connectivity index (χ4n) is 4.39. The molecule has 3 aliphatic rings. The Labute approximate surface area is 118 Å². The van der Waals surface area contributed by atoms with Crippen molar-refractivity contribution in [3.8, 4) is 0 Å². The zero-order valence-corrected chi connectivity index (χ0v) is 12.8. The van der Waals surface area contributed by atoms with Gasteiger partial charge in [-0.2, -0.15) is 0 Å². The number of likely N-dealkylation sites (tertiary alicyclic amines) is 1. The molecule has 0 bridgehead atoms. The molecule has 0 spiro atoms. The van der Waals surface area contributed by atoms with Crippen LogP contribution in [0.3, 0.4) is 0 Å². The van der Waals surface area contributed by atoms with Gasteiger partial charge in [0, 0.05) is 25.2 Å². The Bertz CT molecular complexity index is 292. The van der Waals surface area contributed by atoms with Gasteiger partial charge in [0.1, 0.15) is 0 Å². The summed E-state index contributed by atoms with van der Waals surface area (Å²) >= 11 is 0. The zero-order chi connectivity index (χ0) is 13.2. The van der Waals surface area contributed by atoms with Crippen LogP contribution < -0.4 is 5.32 Å². The van der Waals surface area contributed by atoms with Crippen molar-refractivity contribution in [1.82, 2.24) is 15.1 Å². The van der Waals surface area contributed by atoms with Crippen molar-refractivity contribution < 1.29 is 0 Å². The van der Waals surface area contributed by atoms with Crippen molar-refractivity contribution in [2.45, 2.75) is 51.6 Å². The number of hydrogen-bond donors (Lipinski definition) is 1. The Morgan fingerprint density at radius 1 is 1.00 bits per heavy atom. The highest BCUT2D eigenvalue weighted by Crippen LogP contribution is 2.33. The third-order valence-corrected chi connectivity index (χ3v) is 5.34. The summed E-state index contributed by atoms with van der Waals surface area (Å²) in [5, 5.41) is 3.65. The Kier molecular flexibility index (Phi) is 4.45. The lowest BCUT2D eigenvalue weighted by Gasteiger charge is -2.29. The van der Waals surface area contributed by atoms with Crippen molar-refractivity contribution in [3.05, 3.63) is 0 Å². The van der Waals surface area contributed by atoms with E-state index in [9.17, 15) is 0 Å². The minimum absolute atomic E-state index is 0.777. The summed E-state index contributed by atoms with van der Waals surface area (Å²) in [7, 11) is 0. The molecule has 0 aromatic rings. The molecular weight excluding hydrogens is 234 g/mol. The van der Waals surface area contributed by atoms with Gasteiger partial charge >= 0.3 is 0 Å². The molecule has 0 saturated carbocycles. The van der Waals surface area contributed by atoms with Crippen molar-refractivity contribution in [2.75, 3.05) is 39.3 Å². The Balaban J connectivity index is 1.44. The van der Waals surface area contributed by atoms with Crippen LogP contribution in [0.2, 0.25) is 0 Å². The van der Waals surface area contributed by atoms with Gasteiger partial charge in [0.25, 0.3) is 0 Å². The van der Waals surface area contributed by atoms with Crippen LogP contribution in [0.4, 0.5) is 0 Å². The van der Waals surface area contributed by atoms with E-state index in [4.69, 9.17) is 0 Å². The van der Waals surface area contributed by atoms with Gasteiger partial charge in [-0.15, -0.1) is 0 Å². The van der Waals surface area contributed by atoms with Crippen LogP contribution in [-0.4, -0.2) is 61.2 Å². The molecule has 0 amide bonds. The second-order valence-corrected chi connectivity index (χ2v) is 7.30.